The summed E-state index contributed by atoms with van der Waals surface area (Å²) in [7, 11) is 0. The van der Waals surface area contributed by atoms with E-state index in [1.54, 1.807) is 17.7 Å². The molecular weight excluding hydrogens is 384 g/mol. The summed E-state index contributed by atoms with van der Waals surface area (Å²) in [5.74, 6) is 2.16. The number of benzene rings is 1. The van der Waals surface area contributed by atoms with E-state index in [-0.39, 0.29) is 5.91 Å². The Morgan fingerprint density at radius 3 is 2.66 bits per heavy atom. The molecule has 3 heterocycles. The first-order valence-corrected chi connectivity index (χ1v) is 10.9. The van der Waals surface area contributed by atoms with Crippen LogP contribution in [0.25, 0.3) is 10.2 Å². The third-order valence-electron chi connectivity index (χ3n) is 5.32. The van der Waals surface area contributed by atoms with E-state index in [0.717, 1.165) is 34.9 Å². The molecule has 1 unspecified atom stereocenters. The van der Waals surface area contributed by atoms with E-state index in [2.05, 4.69) is 40.8 Å². The van der Waals surface area contributed by atoms with Crippen molar-refractivity contribution < 1.29 is 9.53 Å². The van der Waals surface area contributed by atoms with E-state index in [1.165, 1.54) is 5.56 Å². The molecule has 3 aromatic rings. The maximum Gasteiger partial charge on any atom is 0.263 e. The van der Waals surface area contributed by atoms with E-state index >= 15 is 0 Å². The molecule has 1 fully saturated rings. The van der Waals surface area contributed by atoms with Crippen molar-refractivity contribution in [2.45, 2.75) is 32.8 Å². The van der Waals surface area contributed by atoms with Crippen LogP contribution in [-0.2, 0) is 4.79 Å². The van der Waals surface area contributed by atoms with Crippen LogP contribution in [0.5, 0.6) is 5.75 Å². The molecule has 1 atom stereocenters. The quantitative estimate of drug-likeness (QED) is 0.638. The Kier molecular flexibility index (Phi) is 5.67. The van der Waals surface area contributed by atoms with Crippen molar-refractivity contribution in [3.05, 3.63) is 47.6 Å². The van der Waals surface area contributed by atoms with Gasteiger partial charge in [0.2, 0.25) is 0 Å². The third kappa shape index (κ3) is 4.19. The van der Waals surface area contributed by atoms with Crippen LogP contribution in [0.1, 0.15) is 32.3 Å². The average molecular weight is 411 g/mol. The molecule has 29 heavy (non-hydrogen) atoms. The second-order valence-electron chi connectivity index (χ2n) is 7.64. The van der Waals surface area contributed by atoms with Gasteiger partial charge in [0.25, 0.3) is 5.91 Å². The number of hydrogen-bond donors (Lipinski definition) is 0. The summed E-state index contributed by atoms with van der Waals surface area (Å²) in [5.41, 5.74) is 1.21. The molecule has 1 aliphatic rings. The Hall–Kier alpha value is -2.67. The fraction of sp³-hybridized carbons (Fsp3) is 0.409. The van der Waals surface area contributed by atoms with Crippen LogP contribution in [0.15, 0.2) is 42.0 Å². The van der Waals surface area contributed by atoms with Crippen molar-refractivity contribution >= 4 is 33.3 Å². The summed E-state index contributed by atoms with van der Waals surface area (Å²) < 4.78 is 5.95. The molecule has 0 spiro atoms. The molecular formula is C22H26N4O2S. The third-order valence-corrected chi connectivity index (χ3v) is 6.14. The first kappa shape index (κ1) is 19.6. The monoisotopic (exact) mass is 410 g/mol. The van der Waals surface area contributed by atoms with Gasteiger partial charge in [0.05, 0.1) is 5.39 Å². The van der Waals surface area contributed by atoms with Crippen molar-refractivity contribution in [1.29, 1.82) is 0 Å². The molecule has 0 saturated carbocycles. The van der Waals surface area contributed by atoms with Crippen molar-refractivity contribution in [3.63, 3.8) is 0 Å². The molecule has 1 amide bonds. The number of ether oxygens (including phenoxy) is 1. The van der Waals surface area contributed by atoms with E-state index < -0.39 is 6.10 Å². The van der Waals surface area contributed by atoms with Crippen molar-refractivity contribution in [2.24, 2.45) is 0 Å². The Morgan fingerprint density at radius 1 is 1.10 bits per heavy atom. The largest absolute Gasteiger partial charge is 0.481 e. The Balaban J connectivity index is 1.37. The fourth-order valence-electron chi connectivity index (χ4n) is 3.63. The summed E-state index contributed by atoms with van der Waals surface area (Å²) in [5, 5.41) is 3.12. The summed E-state index contributed by atoms with van der Waals surface area (Å²) in [6, 6.07) is 10.1. The number of rotatable bonds is 5. The van der Waals surface area contributed by atoms with E-state index in [1.807, 2.05) is 35.4 Å². The van der Waals surface area contributed by atoms with Gasteiger partial charge in [-0.3, -0.25) is 4.79 Å². The van der Waals surface area contributed by atoms with Gasteiger partial charge in [-0.25, -0.2) is 9.97 Å². The molecule has 6 nitrogen and oxygen atoms in total. The summed E-state index contributed by atoms with van der Waals surface area (Å²) in [4.78, 5) is 26.8. The van der Waals surface area contributed by atoms with Crippen LogP contribution in [0.2, 0.25) is 0 Å². The number of aromatic nitrogens is 2. The lowest BCUT2D eigenvalue weighted by Crippen LogP contribution is -2.52. The summed E-state index contributed by atoms with van der Waals surface area (Å²) >= 11 is 1.62. The zero-order chi connectivity index (χ0) is 20.4. The van der Waals surface area contributed by atoms with Crippen molar-refractivity contribution in [3.8, 4) is 5.75 Å². The highest BCUT2D eigenvalue weighted by Crippen LogP contribution is 2.27. The topological polar surface area (TPSA) is 58.6 Å². The lowest BCUT2D eigenvalue weighted by molar-refractivity contribution is -0.138. The molecule has 1 aromatic carbocycles. The number of fused-ring (bicyclic) bond motifs is 1. The van der Waals surface area contributed by atoms with Gasteiger partial charge in [-0.2, -0.15) is 0 Å². The molecule has 4 rings (SSSR count). The molecule has 152 valence electrons. The van der Waals surface area contributed by atoms with Crippen molar-refractivity contribution in [2.75, 3.05) is 31.1 Å². The lowest BCUT2D eigenvalue weighted by atomic mass is 10.0. The van der Waals surface area contributed by atoms with Gasteiger partial charge in [-0.15, -0.1) is 11.3 Å². The van der Waals surface area contributed by atoms with Gasteiger partial charge in [0, 0.05) is 26.2 Å². The van der Waals surface area contributed by atoms with E-state index in [0.29, 0.717) is 19.0 Å². The normalized spacial score (nSPS) is 15.7. The number of carbonyl (C=O) groups is 1. The van der Waals surface area contributed by atoms with E-state index in [9.17, 15) is 4.79 Å². The highest BCUT2D eigenvalue weighted by Gasteiger charge is 2.27. The number of hydrogen-bond acceptors (Lipinski definition) is 6. The number of anilines is 1. The van der Waals surface area contributed by atoms with Crippen LogP contribution in [0.3, 0.4) is 0 Å². The molecule has 0 aliphatic carbocycles. The van der Waals surface area contributed by atoms with Gasteiger partial charge >= 0.3 is 0 Å². The fourth-order valence-corrected chi connectivity index (χ4v) is 4.35. The Labute approximate surface area is 175 Å². The van der Waals surface area contributed by atoms with Gasteiger partial charge in [0.1, 0.15) is 22.7 Å². The predicted molar refractivity (Wildman–Crippen MR) is 117 cm³/mol. The molecule has 2 aromatic heterocycles. The highest BCUT2D eigenvalue weighted by molar-refractivity contribution is 7.16. The standard InChI is InChI=1S/C22H26N4O2S/c1-15(2)17-5-4-6-18(13-17)28-16(3)22(27)26-10-8-25(9-11-26)20-19-7-12-29-21(19)24-14-23-20/h4-7,12-16H,8-11H2,1-3H3. The molecule has 1 saturated heterocycles. The molecule has 0 N–H and O–H groups in total. The minimum Gasteiger partial charge on any atom is -0.481 e. The van der Waals surface area contributed by atoms with Crippen molar-refractivity contribution in [1.82, 2.24) is 14.9 Å². The first-order valence-electron chi connectivity index (χ1n) is 10.0. The maximum atomic E-state index is 12.9. The molecule has 7 heteroatoms. The van der Waals surface area contributed by atoms with Crippen LogP contribution in [-0.4, -0.2) is 53.1 Å². The predicted octanol–water partition coefficient (Wildman–Crippen LogP) is 3.93. The number of piperazine rings is 1. The number of nitrogens with zero attached hydrogens (tertiary/aromatic N) is 4. The van der Waals surface area contributed by atoms with Crippen LogP contribution < -0.4 is 9.64 Å². The maximum absolute atomic E-state index is 12.9. The zero-order valence-electron chi connectivity index (χ0n) is 17.0. The SMILES string of the molecule is CC(Oc1cccc(C(C)C)c1)C(=O)N1CCN(c2ncnc3sccc23)CC1. The Morgan fingerprint density at radius 2 is 1.90 bits per heavy atom. The number of amides is 1. The lowest BCUT2D eigenvalue weighted by Gasteiger charge is -2.36. The highest BCUT2D eigenvalue weighted by atomic mass is 32.1. The molecule has 0 radical (unpaired) electrons. The number of carbonyl (C=O) groups excluding carboxylic acids is 1. The minimum absolute atomic E-state index is 0.0305. The van der Waals surface area contributed by atoms with Crippen LogP contribution >= 0.6 is 11.3 Å². The zero-order valence-corrected chi connectivity index (χ0v) is 17.9. The van der Waals surface area contributed by atoms with Gasteiger partial charge in [0.15, 0.2) is 6.10 Å². The van der Waals surface area contributed by atoms with Crippen LogP contribution in [0, 0.1) is 0 Å². The number of thiophene rings is 1. The second-order valence-corrected chi connectivity index (χ2v) is 8.53. The van der Waals surface area contributed by atoms with E-state index in [4.69, 9.17) is 4.74 Å². The van der Waals surface area contributed by atoms with Gasteiger partial charge in [-0.05, 0) is 42.0 Å². The molecule has 0 bridgehead atoms. The average Bonchev–Trinajstić information content (AvgIpc) is 3.22. The first-order chi connectivity index (χ1) is 14.0. The minimum atomic E-state index is -0.508. The second kappa shape index (κ2) is 8.37. The Bertz CT molecular complexity index is 995. The molecule has 1 aliphatic heterocycles. The van der Waals surface area contributed by atoms with Crippen LogP contribution in [0.4, 0.5) is 5.82 Å². The summed E-state index contributed by atoms with van der Waals surface area (Å²) in [6.45, 7) is 8.95. The van der Waals surface area contributed by atoms with Gasteiger partial charge in [-0.1, -0.05) is 26.0 Å². The summed E-state index contributed by atoms with van der Waals surface area (Å²) in [6.07, 6.45) is 1.11. The van der Waals surface area contributed by atoms with Gasteiger partial charge < -0.3 is 14.5 Å². The smallest absolute Gasteiger partial charge is 0.263 e.